The van der Waals surface area contributed by atoms with Crippen LogP contribution in [-0.4, -0.2) is 27.4 Å². The molecule has 3 rings (SSSR count). The van der Waals surface area contributed by atoms with Crippen LogP contribution in [-0.2, 0) is 15.9 Å². The highest BCUT2D eigenvalue weighted by Gasteiger charge is 2.24. The van der Waals surface area contributed by atoms with Crippen molar-refractivity contribution in [2.75, 3.05) is 27.4 Å². The van der Waals surface area contributed by atoms with Gasteiger partial charge < -0.3 is 9.47 Å². The Morgan fingerprint density at radius 3 is 2.35 bits per heavy atom. The first-order valence-corrected chi connectivity index (χ1v) is 7.03. The molecule has 0 bridgehead atoms. The Bertz CT molecular complexity index is 598. The monoisotopic (exact) mass is 268 g/mol. The average Bonchev–Trinajstić information content (AvgIpc) is 2.85. The zero-order valence-electron chi connectivity index (χ0n) is 12.1. The van der Waals surface area contributed by atoms with E-state index in [0.29, 0.717) is 19.1 Å². The molecule has 0 amide bonds. The second-order valence-electron chi connectivity index (χ2n) is 5.31. The van der Waals surface area contributed by atoms with Gasteiger partial charge in [0.1, 0.15) is 0 Å². The molecule has 0 aliphatic heterocycles. The van der Waals surface area contributed by atoms with Crippen molar-refractivity contribution in [3.8, 4) is 11.1 Å². The molecule has 20 heavy (non-hydrogen) atoms. The third-order valence-corrected chi connectivity index (χ3v) is 4.06. The van der Waals surface area contributed by atoms with Gasteiger partial charge >= 0.3 is 0 Å². The molecule has 0 radical (unpaired) electrons. The zero-order valence-corrected chi connectivity index (χ0v) is 12.1. The lowest BCUT2D eigenvalue weighted by Gasteiger charge is -2.19. The Morgan fingerprint density at radius 2 is 1.60 bits per heavy atom. The van der Waals surface area contributed by atoms with Gasteiger partial charge in [-0.3, -0.25) is 0 Å². The molecule has 0 heterocycles. The van der Waals surface area contributed by atoms with E-state index in [4.69, 9.17) is 9.47 Å². The molecular weight excluding hydrogens is 248 g/mol. The Kier molecular flexibility index (Phi) is 3.86. The molecule has 2 aromatic carbocycles. The van der Waals surface area contributed by atoms with Gasteiger partial charge in [-0.2, -0.15) is 0 Å². The van der Waals surface area contributed by atoms with Crippen LogP contribution in [0.3, 0.4) is 0 Å². The quantitative estimate of drug-likeness (QED) is 0.703. The van der Waals surface area contributed by atoms with Crippen LogP contribution in [0, 0.1) is 0 Å². The van der Waals surface area contributed by atoms with Crippen molar-refractivity contribution < 1.29 is 9.47 Å². The molecule has 2 nitrogen and oxygen atoms in total. The molecule has 0 unspecified atom stereocenters. The van der Waals surface area contributed by atoms with E-state index in [0.717, 1.165) is 6.42 Å². The molecule has 2 aromatic rings. The minimum absolute atomic E-state index is 0.300. The number of hydrogen-bond acceptors (Lipinski definition) is 2. The molecule has 104 valence electrons. The highest BCUT2D eigenvalue weighted by Crippen LogP contribution is 2.40. The lowest BCUT2D eigenvalue weighted by Crippen LogP contribution is -2.14. The van der Waals surface area contributed by atoms with Gasteiger partial charge in [-0.25, -0.2) is 0 Å². The molecule has 0 fully saturated rings. The van der Waals surface area contributed by atoms with E-state index >= 15 is 0 Å². The first-order valence-electron chi connectivity index (χ1n) is 7.03. The lowest BCUT2D eigenvalue weighted by atomic mass is 9.92. The number of methoxy groups -OCH3 is 2. The molecule has 0 saturated carbocycles. The van der Waals surface area contributed by atoms with Crippen molar-refractivity contribution >= 4 is 0 Å². The van der Waals surface area contributed by atoms with Crippen LogP contribution < -0.4 is 0 Å². The van der Waals surface area contributed by atoms with Gasteiger partial charge in [0.15, 0.2) is 0 Å². The molecule has 0 N–H and O–H groups in total. The fourth-order valence-corrected chi connectivity index (χ4v) is 3.19. The minimum atomic E-state index is 0.300. The molecule has 0 atom stereocenters. The van der Waals surface area contributed by atoms with Gasteiger partial charge in [-0.05, 0) is 34.2 Å². The molecule has 0 spiro atoms. The van der Waals surface area contributed by atoms with Crippen LogP contribution in [0.4, 0.5) is 0 Å². The highest BCUT2D eigenvalue weighted by atomic mass is 16.5. The van der Waals surface area contributed by atoms with Crippen molar-refractivity contribution in [3.05, 3.63) is 59.2 Å². The summed E-state index contributed by atoms with van der Waals surface area (Å²) in [4.78, 5) is 0. The van der Waals surface area contributed by atoms with Crippen LogP contribution in [0.25, 0.3) is 11.1 Å². The number of ether oxygens (including phenoxy) is 2. The van der Waals surface area contributed by atoms with Crippen LogP contribution in [0.5, 0.6) is 0 Å². The summed E-state index contributed by atoms with van der Waals surface area (Å²) in [7, 11) is 3.50. The molecular formula is C18H20O2. The highest BCUT2D eigenvalue weighted by molar-refractivity contribution is 5.78. The molecule has 2 heteroatoms. The minimum Gasteiger partial charge on any atom is -0.384 e. The summed E-state index contributed by atoms with van der Waals surface area (Å²) in [5.41, 5.74) is 6.96. The summed E-state index contributed by atoms with van der Waals surface area (Å²) in [5.74, 6) is 0.300. The average molecular weight is 268 g/mol. The van der Waals surface area contributed by atoms with E-state index in [1.165, 1.54) is 27.8 Å². The third kappa shape index (κ3) is 2.26. The van der Waals surface area contributed by atoms with E-state index in [-0.39, 0.29) is 0 Å². The second-order valence-corrected chi connectivity index (χ2v) is 5.31. The summed E-state index contributed by atoms with van der Waals surface area (Å²) in [6, 6.07) is 15.3. The smallest absolute Gasteiger partial charge is 0.0553 e. The molecule has 0 aromatic heterocycles. The van der Waals surface area contributed by atoms with Gasteiger partial charge in [0.2, 0.25) is 0 Å². The van der Waals surface area contributed by atoms with Gasteiger partial charge in [0, 0.05) is 20.1 Å². The van der Waals surface area contributed by atoms with E-state index in [1.807, 2.05) is 0 Å². The summed E-state index contributed by atoms with van der Waals surface area (Å²) >= 11 is 0. The number of hydrogen-bond donors (Lipinski definition) is 0. The maximum absolute atomic E-state index is 5.37. The van der Waals surface area contributed by atoms with Crippen molar-refractivity contribution in [1.82, 2.24) is 0 Å². The van der Waals surface area contributed by atoms with Gasteiger partial charge in [0.05, 0.1) is 13.2 Å². The van der Waals surface area contributed by atoms with Crippen molar-refractivity contribution in [2.24, 2.45) is 0 Å². The maximum atomic E-state index is 5.37. The standard InChI is InChI=1S/C18H20O2/c1-19-11-14(12-20-2)16-8-5-9-17-15-7-4-3-6-13(15)10-18(16)17/h3-9,14H,10-12H2,1-2H3. The van der Waals surface area contributed by atoms with Crippen LogP contribution in [0.1, 0.15) is 22.6 Å². The van der Waals surface area contributed by atoms with E-state index in [2.05, 4.69) is 42.5 Å². The van der Waals surface area contributed by atoms with E-state index < -0.39 is 0 Å². The molecule has 0 saturated heterocycles. The Balaban J connectivity index is 2.04. The Morgan fingerprint density at radius 1 is 0.900 bits per heavy atom. The predicted molar refractivity (Wildman–Crippen MR) is 81.2 cm³/mol. The fourth-order valence-electron chi connectivity index (χ4n) is 3.19. The number of rotatable bonds is 5. The Labute approximate surface area is 120 Å². The van der Waals surface area contributed by atoms with Crippen molar-refractivity contribution in [3.63, 3.8) is 0 Å². The lowest BCUT2D eigenvalue weighted by molar-refractivity contribution is 0.117. The van der Waals surface area contributed by atoms with Crippen LogP contribution in [0.15, 0.2) is 42.5 Å². The number of fused-ring (bicyclic) bond motifs is 3. The van der Waals surface area contributed by atoms with Crippen LogP contribution >= 0.6 is 0 Å². The fraction of sp³-hybridized carbons (Fsp3) is 0.333. The first-order chi connectivity index (χ1) is 9.85. The van der Waals surface area contributed by atoms with E-state index in [1.54, 1.807) is 14.2 Å². The first kappa shape index (κ1) is 13.3. The third-order valence-electron chi connectivity index (χ3n) is 4.06. The summed E-state index contributed by atoms with van der Waals surface area (Å²) in [6.45, 7) is 1.39. The van der Waals surface area contributed by atoms with Crippen molar-refractivity contribution in [2.45, 2.75) is 12.3 Å². The van der Waals surface area contributed by atoms with Crippen LogP contribution in [0.2, 0.25) is 0 Å². The predicted octanol–water partition coefficient (Wildman–Crippen LogP) is 3.63. The van der Waals surface area contributed by atoms with E-state index in [9.17, 15) is 0 Å². The molecule has 1 aliphatic carbocycles. The summed E-state index contributed by atoms with van der Waals surface area (Å²) in [6.07, 6.45) is 1.02. The topological polar surface area (TPSA) is 18.5 Å². The van der Waals surface area contributed by atoms with Gasteiger partial charge in [-0.15, -0.1) is 0 Å². The van der Waals surface area contributed by atoms with Crippen molar-refractivity contribution in [1.29, 1.82) is 0 Å². The SMILES string of the molecule is COCC(COC)c1cccc2c1Cc1ccccc1-2. The second kappa shape index (κ2) is 5.78. The normalized spacial score (nSPS) is 12.6. The molecule has 1 aliphatic rings. The Hall–Kier alpha value is -1.64. The largest absolute Gasteiger partial charge is 0.384 e. The summed E-state index contributed by atoms with van der Waals surface area (Å²) < 4.78 is 10.7. The maximum Gasteiger partial charge on any atom is 0.0553 e. The van der Waals surface area contributed by atoms with Gasteiger partial charge in [0.25, 0.3) is 0 Å². The number of benzene rings is 2. The van der Waals surface area contributed by atoms with Gasteiger partial charge in [-0.1, -0.05) is 42.5 Å². The summed E-state index contributed by atoms with van der Waals surface area (Å²) in [5, 5.41) is 0. The zero-order chi connectivity index (χ0) is 13.9.